The van der Waals surface area contributed by atoms with Gasteiger partial charge in [0.2, 0.25) is 11.9 Å². The molecule has 0 aromatic carbocycles. The van der Waals surface area contributed by atoms with Crippen molar-refractivity contribution in [3.05, 3.63) is 36.4 Å². The maximum Gasteiger partial charge on any atom is 0.225 e. The van der Waals surface area contributed by atoms with Gasteiger partial charge in [0.1, 0.15) is 0 Å². The lowest BCUT2D eigenvalue weighted by molar-refractivity contribution is -0.132. The molecule has 2 aliphatic heterocycles. The molecule has 0 aliphatic carbocycles. The predicted molar refractivity (Wildman–Crippen MR) is 118 cm³/mol. The summed E-state index contributed by atoms with van der Waals surface area (Å²) < 4.78 is 0. The van der Waals surface area contributed by atoms with Crippen LogP contribution in [0.1, 0.15) is 44.2 Å². The van der Waals surface area contributed by atoms with Crippen LogP contribution in [0.4, 0.5) is 5.95 Å². The van der Waals surface area contributed by atoms with Crippen molar-refractivity contribution >= 4 is 11.9 Å². The average molecular weight is 409 g/mol. The zero-order valence-corrected chi connectivity index (χ0v) is 18.1. The van der Waals surface area contributed by atoms with E-state index in [1.54, 1.807) is 6.20 Å². The summed E-state index contributed by atoms with van der Waals surface area (Å²) in [5.41, 5.74) is 3.13. The summed E-state index contributed by atoms with van der Waals surface area (Å²) in [6.07, 6.45) is 9.19. The van der Waals surface area contributed by atoms with Gasteiger partial charge < -0.3 is 14.7 Å². The summed E-state index contributed by atoms with van der Waals surface area (Å²) in [6, 6.07) is 4.01. The molecule has 2 saturated heterocycles. The van der Waals surface area contributed by atoms with Crippen molar-refractivity contribution in [3.63, 3.8) is 0 Å². The first-order chi connectivity index (χ1) is 14.7. The summed E-state index contributed by atoms with van der Waals surface area (Å²) >= 11 is 0. The number of pyridine rings is 1. The SMILES string of the molecule is CCCC(=O)N1CCC[C@H](c2nc(N3CCN(C)CC3)ncc2-c2cccnc2)C1. The van der Waals surface area contributed by atoms with Gasteiger partial charge in [0.05, 0.1) is 5.69 Å². The van der Waals surface area contributed by atoms with Gasteiger partial charge in [-0.1, -0.05) is 13.0 Å². The molecule has 0 spiro atoms. The van der Waals surface area contributed by atoms with Crippen LogP contribution in [0.15, 0.2) is 30.7 Å². The molecule has 160 valence electrons. The minimum atomic E-state index is 0.226. The lowest BCUT2D eigenvalue weighted by atomic mass is 9.90. The van der Waals surface area contributed by atoms with Crippen LogP contribution < -0.4 is 4.90 Å². The Hall–Kier alpha value is -2.54. The molecule has 1 atom stereocenters. The Morgan fingerprint density at radius 2 is 2.00 bits per heavy atom. The van der Waals surface area contributed by atoms with Crippen molar-refractivity contribution < 1.29 is 4.79 Å². The summed E-state index contributed by atoms with van der Waals surface area (Å²) in [4.78, 5) is 33.3. The molecule has 7 heteroatoms. The second-order valence-corrected chi connectivity index (χ2v) is 8.43. The fourth-order valence-electron chi connectivity index (χ4n) is 4.40. The number of anilines is 1. The Labute approximate surface area is 179 Å². The summed E-state index contributed by atoms with van der Waals surface area (Å²) in [5, 5.41) is 0. The molecular weight excluding hydrogens is 376 g/mol. The number of carbonyl (C=O) groups excluding carboxylic acids is 1. The highest BCUT2D eigenvalue weighted by atomic mass is 16.2. The highest BCUT2D eigenvalue weighted by molar-refractivity contribution is 5.76. The lowest BCUT2D eigenvalue weighted by Gasteiger charge is -2.35. The molecule has 2 fully saturated rings. The topological polar surface area (TPSA) is 65.5 Å². The summed E-state index contributed by atoms with van der Waals surface area (Å²) in [5.74, 6) is 1.30. The van der Waals surface area contributed by atoms with Crippen molar-refractivity contribution in [1.82, 2.24) is 24.8 Å². The van der Waals surface area contributed by atoms with E-state index < -0.39 is 0 Å². The molecule has 0 radical (unpaired) electrons. The number of aromatic nitrogens is 3. The minimum absolute atomic E-state index is 0.226. The van der Waals surface area contributed by atoms with E-state index in [1.807, 2.05) is 23.4 Å². The van der Waals surface area contributed by atoms with E-state index in [2.05, 4.69) is 34.8 Å². The number of piperidine rings is 1. The number of hydrogen-bond donors (Lipinski definition) is 0. The number of carbonyl (C=O) groups is 1. The van der Waals surface area contributed by atoms with Crippen LogP contribution in [0, 0.1) is 0 Å². The normalized spacial score (nSPS) is 20.4. The molecule has 0 bridgehead atoms. The van der Waals surface area contributed by atoms with Crippen LogP contribution >= 0.6 is 0 Å². The third-order valence-electron chi connectivity index (χ3n) is 6.19. The third kappa shape index (κ3) is 4.61. The van der Waals surface area contributed by atoms with Crippen LogP contribution in [0.2, 0.25) is 0 Å². The number of likely N-dealkylation sites (tertiary alicyclic amines) is 1. The molecule has 1 amide bonds. The van der Waals surface area contributed by atoms with Gasteiger partial charge in [-0.15, -0.1) is 0 Å². The smallest absolute Gasteiger partial charge is 0.225 e. The maximum atomic E-state index is 12.5. The molecule has 0 N–H and O–H groups in total. The highest BCUT2D eigenvalue weighted by Gasteiger charge is 2.28. The molecule has 2 aliphatic rings. The van der Waals surface area contributed by atoms with Gasteiger partial charge in [-0.25, -0.2) is 9.97 Å². The number of amides is 1. The van der Waals surface area contributed by atoms with Gasteiger partial charge in [-0.3, -0.25) is 9.78 Å². The zero-order chi connectivity index (χ0) is 20.9. The van der Waals surface area contributed by atoms with Crippen molar-refractivity contribution in [2.45, 2.75) is 38.5 Å². The zero-order valence-electron chi connectivity index (χ0n) is 18.1. The van der Waals surface area contributed by atoms with Crippen LogP contribution in [-0.2, 0) is 4.79 Å². The van der Waals surface area contributed by atoms with Gasteiger partial charge in [-0.2, -0.15) is 0 Å². The van der Waals surface area contributed by atoms with E-state index in [-0.39, 0.29) is 11.8 Å². The lowest BCUT2D eigenvalue weighted by Crippen LogP contribution is -2.45. The van der Waals surface area contributed by atoms with Gasteiger partial charge in [0, 0.05) is 81.3 Å². The van der Waals surface area contributed by atoms with E-state index in [0.717, 1.165) is 81.3 Å². The Morgan fingerprint density at radius 1 is 1.17 bits per heavy atom. The third-order valence-corrected chi connectivity index (χ3v) is 6.19. The molecule has 2 aromatic rings. The fourth-order valence-corrected chi connectivity index (χ4v) is 4.40. The summed E-state index contributed by atoms with van der Waals surface area (Å²) in [6.45, 7) is 7.57. The van der Waals surface area contributed by atoms with Crippen molar-refractivity contribution in [2.75, 3.05) is 51.2 Å². The Morgan fingerprint density at radius 3 is 2.73 bits per heavy atom. The molecule has 2 aromatic heterocycles. The molecule has 7 nitrogen and oxygen atoms in total. The standard InChI is InChI=1S/C23H32N6O/c1-3-6-21(30)29-10-5-8-19(17-29)22-20(18-7-4-9-24-15-18)16-25-23(26-22)28-13-11-27(2)12-14-28/h4,7,9,15-16,19H,3,5-6,8,10-14,17H2,1-2H3/t19-/m0/s1. The van der Waals surface area contributed by atoms with Gasteiger partial charge >= 0.3 is 0 Å². The molecular formula is C23H32N6O. The van der Waals surface area contributed by atoms with Crippen molar-refractivity contribution in [2.24, 2.45) is 0 Å². The first kappa shape index (κ1) is 20.7. The first-order valence-corrected chi connectivity index (χ1v) is 11.1. The van der Waals surface area contributed by atoms with Crippen molar-refractivity contribution in [3.8, 4) is 11.1 Å². The summed E-state index contributed by atoms with van der Waals surface area (Å²) in [7, 11) is 2.15. The maximum absolute atomic E-state index is 12.5. The minimum Gasteiger partial charge on any atom is -0.342 e. The quantitative estimate of drug-likeness (QED) is 0.758. The molecule has 4 rings (SSSR count). The number of nitrogens with zero attached hydrogens (tertiary/aromatic N) is 6. The molecule has 0 unspecified atom stereocenters. The predicted octanol–water partition coefficient (Wildman–Crippen LogP) is 2.80. The van der Waals surface area contributed by atoms with Crippen LogP contribution in [0.3, 0.4) is 0 Å². The highest BCUT2D eigenvalue weighted by Crippen LogP contribution is 2.34. The largest absolute Gasteiger partial charge is 0.342 e. The van der Waals surface area contributed by atoms with E-state index in [0.29, 0.717) is 6.42 Å². The van der Waals surface area contributed by atoms with Gasteiger partial charge in [-0.05, 0) is 32.4 Å². The molecule has 4 heterocycles. The van der Waals surface area contributed by atoms with E-state index in [1.165, 1.54) is 0 Å². The first-order valence-electron chi connectivity index (χ1n) is 11.1. The van der Waals surface area contributed by atoms with E-state index in [4.69, 9.17) is 9.97 Å². The second kappa shape index (κ2) is 9.51. The number of rotatable bonds is 5. The Balaban J connectivity index is 1.66. The number of piperazine rings is 1. The average Bonchev–Trinajstić information content (AvgIpc) is 2.80. The van der Waals surface area contributed by atoms with Crippen LogP contribution in [-0.4, -0.2) is 77.0 Å². The number of likely N-dealkylation sites (N-methyl/N-ethyl adjacent to an activating group) is 1. The van der Waals surface area contributed by atoms with Gasteiger partial charge in [0.15, 0.2) is 0 Å². The Kier molecular flexibility index (Phi) is 6.57. The number of hydrogen-bond acceptors (Lipinski definition) is 6. The van der Waals surface area contributed by atoms with Gasteiger partial charge in [0.25, 0.3) is 0 Å². The molecule has 0 saturated carbocycles. The Bertz CT molecular complexity index is 850. The van der Waals surface area contributed by atoms with E-state index >= 15 is 0 Å². The van der Waals surface area contributed by atoms with Crippen LogP contribution in [0.25, 0.3) is 11.1 Å². The molecule has 30 heavy (non-hydrogen) atoms. The van der Waals surface area contributed by atoms with Crippen molar-refractivity contribution in [1.29, 1.82) is 0 Å². The van der Waals surface area contributed by atoms with E-state index in [9.17, 15) is 4.79 Å². The fraction of sp³-hybridized carbons (Fsp3) is 0.565. The monoisotopic (exact) mass is 408 g/mol. The van der Waals surface area contributed by atoms with Crippen LogP contribution in [0.5, 0.6) is 0 Å². The second-order valence-electron chi connectivity index (χ2n) is 8.43.